The molecule has 0 radical (unpaired) electrons. The Labute approximate surface area is 159 Å². The van der Waals surface area contributed by atoms with Crippen LogP contribution in [0.5, 0.6) is 0 Å². The molecule has 1 saturated carbocycles. The van der Waals surface area contributed by atoms with Gasteiger partial charge in [-0.05, 0) is 31.9 Å². The minimum Gasteiger partial charge on any atom is -0.375 e. The first-order chi connectivity index (χ1) is 11.2. The Morgan fingerprint density at radius 1 is 1.38 bits per heavy atom. The van der Waals surface area contributed by atoms with E-state index in [1.165, 1.54) is 18.4 Å². The molecule has 130 valence electrons. The zero-order chi connectivity index (χ0) is 15.8. The van der Waals surface area contributed by atoms with E-state index in [0.29, 0.717) is 25.2 Å². The molecule has 0 bridgehead atoms. The fourth-order valence-corrected chi connectivity index (χ4v) is 3.22. The molecule has 2 heterocycles. The number of hydrogen-bond acceptors (Lipinski definition) is 3. The van der Waals surface area contributed by atoms with Crippen molar-refractivity contribution in [1.82, 2.24) is 14.5 Å². The third kappa shape index (κ3) is 3.51. The molecule has 1 atom stereocenters. The standard InChI is InChI=1S/C17H23N5O.HI/c1-12-11-21(8-9-23-12)17(18)19-10-16-20-14-4-2-3-5-15(14)22(16)13-6-7-13;/h2-5,12-13H,6-11H2,1H3,(H2,18,19);1H. The number of nitrogens with two attached hydrogens (primary N) is 1. The first kappa shape index (κ1) is 17.5. The van der Waals surface area contributed by atoms with Gasteiger partial charge in [-0.15, -0.1) is 24.0 Å². The summed E-state index contributed by atoms with van der Waals surface area (Å²) in [7, 11) is 0. The third-order valence-electron chi connectivity index (χ3n) is 4.53. The van der Waals surface area contributed by atoms with Crippen molar-refractivity contribution in [2.45, 2.75) is 38.5 Å². The van der Waals surface area contributed by atoms with Crippen LogP contribution in [-0.4, -0.2) is 46.2 Å². The van der Waals surface area contributed by atoms with Crippen molar-refractivity contribution >= 4 is 41.0 Å². The number of aliphatic imine (C=N–C) groups is 1. The average molecular weight is 441 g/mol. The number of imidazole rings is 1. The van der Waals surface area contributed by atoms with Crippen LogP contribution in [0.4, 0.5) is 0 Å². The molecule has 1 saturated heterocycles. The molecule has 1 unspecified atom stereocenters. The van der Waals surface area contributed by atoms with Crippen LogP contribution in [-0.2, 0) is 11.3 Å². The molecular weight excluding hydrogens is 417 g/mol. The summed E-state index contributed by atoms with van der Waals surface area (Å²) >= 11 is 0. The van der Waals surface area contributed by atoms with E-state index in [9.17, 15) is 0 Å². The zero-order valence-corrected chi connectivity index (χ0v) is 16.2. The Kier molecular flexibility index (Phi) is 5.29. The Morgan fingerprint density at radius 2 is 2.17 bits per heavy atom. The lowest BCUT2D eigenvalue weighted by Crippen LogP contribution is -2.47. The number of morpholine rings is 1. The van der Waals surface area contributed by atoms with E-state index < -0.39 is 0 Å². The molecular formula is C17H24IN5O. The van der Waals surface area contributed by atoms with Gasteiger partial charge in [-0.25, -0.2) is 9.98 Å². The van der Waals surface area contributed by atoms with Crippen molar-refractivity contribution < 1.29 is 4.74 Å². The first-order valence-electron chi connectivity index (χ1n) is 8.34. The fraction of sp³-hybridized carbons (Fsp3) is 0.529. The number of aromatic nitrogens is 2. The van der Waals surface area contributed by atoms with Crippen LogP contribution in [0.25, 0.3) is 11.0 Å². The SMILES string of the molecule is CC1CN(C(N)=NCc2nc3ccccc3n2C2CC2)CCO1.I. The summed E-state index contributed by atoms with van der Waals surface area (Å²) < 4.78 is 7.89. The highest BCUT2D eigenvalue weighted by atomic mass is 127. The smallest absolute Gasteiger partial charge is 0.191 e. The minimum atomic E-state index is 0. The summed E-state index contributed by atoms with van der Waals surface area (Å²) in [6, 6.07) is 8.88. The maximum atomic E-state index is 6.18. The molecule has 0 spiro atoms. The Morgan fingerprint density at radius 3 is 2.92 bits per heavy atom. The largest absolute Gasteiger partial charge is 0.375 e. The van der Waals surface area contributed by atoms with Gasteiger partial charge in [-0.1, -0.05) is 12.1 Å². The summed E-state index contributed by atoms with van der Waals surface area (Å²) in [6.45, 7) is 4.90. The molecule has 1 aliphatic carbocycles. The molecule has 0 amide bonds. The topological polar surface area (TPSA) is 68.7 Å². The molecule has 1 aromatic heterocycles. The van der Waals surface area contributed by atoms with Crippen LogP contribution in [0.3, 0.4) is 0 Å². The highest BCUT2D eigenvalue weighted by Crippen LogP contribution is 2.38. The van der Waals surface area contributed by atoms with Crippen molar-refractivity contribution in [3.8, 4) is 0 Å². The molecule has 1 aliphatic heterocycles. The maximum absolute atomic E-state index is 6.18. The molecule has 2 fully saturated rings. The van der Waals surface area contributed by atoms with Gasteiger partial charge in [0, 0.05) is 19.1 Å². The molecule has 24 heavy (non-hydrogen) atoms. The van der Waals surface area contributed by atoms with E-state index in [4.69, 9.17) is 15.5 Å². The van der Waals surface area contributed by atoms with Crippen LogP contribution in [0.15, 0.2) is 29.3 Å². The summed E-state index contributed by atoms with van der Waals surface area (Å²) in [5, 5.41) is 0. The third-order valence-corrected chi connectivity index (χ3v) is 4.53. The van der Waals surface area contributed by atoms with Gasteiger partial charge >= 0.3 is 0 Å². The molecule has 6 nitrogen and oxygen atoms in total. The number of ether oxygens (including phenoxy) is 1. The van der Waals surface area contributed by atoms with Crippen LogP contribution < -0.4 is 5.73 Å². The van der Waals surface area contributed by atoms with Crippen molar-refractivity contribution in [2.75, 3.05) is 19.7 Å². The van der Waals surface area contributed by atoms with Crippen molar-refractivity contribution in [3.05, 3.63) is 30.1 Å². The lowest BCUT2D eigenvalue weighted by molar-refractivity contribution is 0.00528. The lowest BCUT2D eigenvalue weighted by atomic mass is 10.3. The number of hydrogen-bond donors (Lipinski definition) is 1. The summed E-state index contributed by atoms with van der Waals surface area (Å²) in [6.07, 6.45) is 2.66. The second-order valence-electron chi connectivity index (χ2n) is 6.42. The van der Waals surface area contributed by atoms with Gasteiger partial charge in [0.25, 0.3) is 0 Å². The van der Waals surface area contributed by atoms with E-state index >= 15 is 0 Å². The van der Waals surface area contributed by atoms with Gasteiger partial charge in [0.15, 0.2) is 5.96 Å². The van der Waals surface area contributed by atoms with Gasteiger partial charge in [0.05, 0.1) is 23.7 Å². The molecule has 2 aromatic rings. The second kappa shape index (κ2) is 7.26. The average Bonchev–Trinajstić information content (AvgIpc) is 3.33. The number of guanidine groups is 1. The number of halogens is 1. The van der Waals surface area contributed by atoms with Crippen LogP contribution in [0, 0.1) is 0 Å². The van der Waals surface area contributed by atoms with Gasteiger partial charge in [0.1, 0.15) is 12.4 Å². The van der Waals surface area contributed by atoms with E-state index in [-0.39, 0.29) is 30.1 Å². The highest BCUT2D eigenvalue weighted by Gasteiger charge is 2.28. The quantitative estimate of drug-likeness (QED) is 0.452. The number of fused-ring (bicyclic) bond motifs is 1. The Hall–Kier alpha value is -1.35. The van der Waals surface area contributed by atoms with Gasteiger partial charge in [-0.2, -0.15) is 0 Å². The van der Waals surface area contributed by atoms with Crippen LogP contribution in [0.1, 0.15) is 31.6 Å². The first-order valence-corrected chi connectivity index (χ1v) is 8.34. The number of nitrogens with zero attached hydrogens (tertiary/aromatic N) is 4. The van der Waals surface area contributed by atoms with Crippen molar-refractivity contribution in [3.63, 3.8) is 0 Å². The summed E-state index contributed by atoms with van der Waals surface area (Å²) in [5.41, 5.74) is 8.43. The lowest BCUT2D eigenvalue weighted by Gasteiger charge is -2.31. The maximum Gasteiger partial charge on any atom is 0.191 e. The Balaban J connectivity index is 0.00000169. The van der Waals surface area contributed by atoms with Crippen LogP contribution >= 0.6 is 24.0 Å². The highest BCUT2D eigenvalue weighted by molar-refractivity contribution is 14.0. The van der Waals surface area contributed by atoms with E-state index in [0.717, 1.165) is 24.4 Å². The summed E-state index contributed by atoms with van der Waals surface area (Å²) in [4.78, 5) is 11.5. The molecule has 2 N–H and O–H groups in total. The number of benzene rings is 1. The van der Waals surface area contributed by atoms with Gasteiger partial charge in [-0.3, -0.25) is 0 Å². The molecule has 7 heteroatoms. The van der Waals surface area contributed by atoms with Crippen molar-refractivity contribution in [2.24, 2.45) is 10.7 Å². The monoisotopic (exact) mass is 441 g/mol. The zero-order valence-electron chi connectivity index (χ0n) is 13.9. The van der Waals surface area contributed by atoms with Gasteiger partial charge in [0.2, 0.25) is 0 Å². The van der Waals surface area contributed by atoms with Crippen LogP contribution in [0.2, 0.25) is 0 Å². The summed E-state index contributed by atoms with van der Waals surface area (Å²) in [5.74, 6) is 1.60. The number of para-hydroxylation sites is 2. The fourth-order valence-electron chi connectivity index (χ4n) is 3.22. The second-order valence-corrected chi connectivity index (χ2v) is 6.42. The Bertz CT molecular complexity index is 740. The normalized spacial score (nSPS) is 21.8. The molecule has 1 aromatic carbocycles. The predicted octanol–water partition coefficient (Wildman–Crippen LogP) is 2.52. The number of rotatable bonds is 3. The molecule has 4 rings (SSSR count). The minimum absolute atomic E-state index is 0. The van der Waals surface area contributed by atoms with Gasteiger partial charge < -0.3 is 19.9 Å². The van der Waals surface area contributed by atoms with E-state index in [1.807, 2.05) is 6.07 Å². The molecule has 2 aliphatic rings. The predicted molar refractivity (Wildman–Crippen MR) is 106 cm³/mol. The van der Waals surface area contributed by atoms with Crippen molar-refractivity contribution in [1.29, 1.82) is 0 Å². The van der Waals surface area contributed by atoms with E-state index in [1.54, 1.807) is 0 Å². The van der Waals surface area contributed by atoms with E-state index in [2.05, 4.69) is 39.6 Å².